The van der Waals surface area contributed by atoms with E-state index in [1.165, 1.54) is 6.07 Å². The quantitative estimate of drug-likeness (QED) is 0.647. The van der Waals surface area contributed by atoms with Crippen LogP contribution in [0.15, 0.2) is 41.2 Å². The molecule has 1 heterocycles. The predicted molar refractivity (Wildman–Crippen MR) is 69.1 cm³/mol. The maximum absolute atomic E-state index is 11.3. The summed E-state index contributed by atoms with van der Waals surface area (Å²) in [4.78, 5) is 25.0. The van der Waals surface area contributed by atoms with Crippen molar-refractivity contribution < 1.29 is 9.90 Å². The van der Waals surface area contributed by atoms with Crippen molar-refractivity contribution in [2.45, 2.75) is 0 Å². The van der Waals surface area contributed by atoms with E-state index in [1.54, 1.807) is 18.2 Å². The van der Waals surface area contributed by atoms with Gasteiger partial charge in [-0.3, -0.25) is 4.98 Å². The summed E-state index contributed by atoms with van der Waals surface area (Å²) in [5.41, 5.74) is 0.325. The minimum Gasteiger partial charge on any atom is -0.478 e. The summed E-state index contributed by atoms with van der Waals surface area (Å²) in [5, 5.41) is 16.7. The molecule has 0 aliphatic carbocycles. The van der Waals surface area contributed by atoms with E-state index in [2.05, 4.69) is 15.2 Å². The second kappa shape index (κ2) is 4.09. The average Bonchev–Trinajstić information content (AvgIpc) is 2.83. The number of hydrogen-bond acceptors (Lipinski definition) is 3. The number of aromatic nitrogens is 3. The molecule has 19 heavy (non-hydrogen) atoms. The lowest BCUT2D eigenvalue weighted by Gasteiger charge is -2.06. The molecule has 94 valence electrons. The molecule has 0 saturated carbocycles. The minimum atomic E-state index is -1.02. The van der Waals surface area contributed by atoms with Gasteiger partial charge in [0.1, 0.15) is 0 Å². The van der Waals surface area contributed by atoms with Crippen LogP contribution in [0.1, 0.15) is 10.4 Å². The van der Waals surface area contributed by atoms with E-state index < -0.39 is 11.7 Å². The first-order valence-electron chi connectivity index (χ1n) is 5.57. The highest BCUT2D eigenvalue weighted by Crippen LogP contribution is 2.28. The summed E-state index contributed by atoms with van der Waals surface area (Å²) in [5.74, 6) is -0.694. The van der Waals surface area contributed by atoms with Crippen molar-refractivity contribution in [2.75, 3.05) is 0 Å². The number of aromatic amines is 2. The Morgan fingerprint density at radius 3 is 2.53 bits per heavy atom. The fourth-order valence-corrected chi connectivity index (χ4v) is 2.11. The molecule has 6 heteroatoms. The van der Waals surface area contributed by atoms with Crippen molar-refractivity contribution in [3.63, 3.8) is 0 Å². The van der Waals surface area contributed by atoms with Crippen LogP contribution in [0.25, 0.3) is 22.2 Å². The maximum atomic E-state index is 11.3. The van der Waals surface area contributed by atoms with Crippen molar-refractivity contribution in [1.82, 2.24) is 15.2 Å². The number of carbonyl (C=O) groups is 1. The number of benzene rings is 2. The van der Waals surface area contributed by atoms with Gasteiger partial charge in [0.05, 0.1) is 5.56 Å². The highest BCUT2D eigenvalue weighted by molar-refractivity contribution is 6.09. The molecule has 3 rings (SSSR count). The summed E-state index contributed by atoms with van der Waals surface area (Å²) < 4.78 is 0. The summed E-state index contributed by atoms with van der Waals surface area (Å²) in [6.45, 7) is 0. The second-order valence-electron chi connectivity index (χ2n) is 4.04. The normalized spacial score (nSPS) is 10.7. The number of hydrogen-bond donors (Lipinski definition) is 3. The molecule has 0 aliphatic rings. The van der Waals surface area contributed by atoms with Crippen LogP contribution in [0.5, 0.6) is 0 Å². The number of H-pyrrole nitrogens is 2. The smallest absolute Gasteiger partial charge is 0.340 e. The van der Waals surface area contributed by atoms with Crippen LogP contribution in [0.2, 0.25) is 0 Å². The van der Waals surface area contributed by atoms with Crippen molar-refractivity contribution in [3.05, 3.63) is 52.4 Å². The number of rotatable bonds is 2. The van der Waals surface area contributed by atoms with Crippen molar-refractivity contribution in [2.24, 2.45) is 0 Å². The molecule has 2 aromatic carbocycles. The van der Waals surface area contributed by atoms with Crippen LogP contribution in [0.3, 0.4) is 0 Å². The number of aromatic carboxylic acids is 1. The lowest BCUT2D eigenvalue weighted by Crippen LogP contribution is -2.01. The Morgan fingerprint density at radius 2 is 1.89 bits per heavy atom. The van der Waals surface area contributed by atoms with Gasteiger partial charge in [0.2, 0.25) is 0 Å². The van der Waals surface area contributed by atoms with Gasteiger partial charge in [0.15, 0.2) is 5.82 Å². The van der Waals surface area contributed by atoms with Crippen molar-refractivity contribution >= 4 is 16.7 Å². The molecule has 0 unspecified atom stereocenters. The molecular formula is C13H9N3O3. The fourth-order valence-electron chi connectivity index (χ4n) is 2.11. The third-order valence-corrected chi connectivity index (χ3v) is 2.89. The molecule has 0 saturated heterocycles. The Morgan fingerprint density at radius 1 is 1.16 bits per heavy atom. The third-order valence-electron chi connectivity index (χ3n) is 2.89. The monoisotopic (exact) mass is 255 g/mol. The van der Waals surface area contributed by atoms with E-state index in [4.69, 9.17) is 0 Å². The first kappa shape index (κ1) is 11.2. The largest absolute Gasteiger partial charge is 0.478 e. The minimum absolute atomic E-state index is 0.178. The van der Waals surface area contributed by atoms with Gasteiger partial charge in [-0.15, -0.1) is 0 Å². The molecule has 0 bridgehead atoms. The van der Waals surface area contributed by atoms with Crippen LogP contribution in [-0.2, 0) is 0 Å². The topological polar surface area (TPSA) is 98.8 Å². The van der Waals surface area contributed by atoms with Gasteiger partial charge in [0.25, 0.3) is 0 Å². The lowest BCUT2D eigenvalue weighted by molar-refractivity contribution is 0.0699. The van der Waals surface area contributed by atoms with Crippen LogP contribution in [0.4, 0.5) is 0 Å². The Labute approximate surface area is 106 Å². The highest BCUT2D eigenvalue weighted by atomic mass is 16.4. The predicted octanol–water partition coefficient (Wildman–Crippen LogP) is 1.62. The molecule has 0 amide bonds. The van der Waals surface area contributed by atoms with Gasteiger partial charge in [0, 0.05) is 10.9 Å². The summed E-state index contributed by atoms with van der Waals surface area (Å²) >= 11 is 0. The number of carboxylic acids is 1. The zero-order valence-corrected chi connectivity index (χ0v) is 9.68. The van der Waals surface area contributed by atoms with Gasteiger partial charge in [-0.25, -0.2) is 14.7 Å². The molecular weight excluding hydrogens is 246 g/mol. The molecule has 0 atom stereocenters. The zero-order chi connectivity index (χ0) is 13.4. The first-order chi connectivity index (χ1) is 9.16. The Kier molecular flexibility index (Phi) is 2.42. The number of nitrogens with zero attached hydrogens (tertiary/aromatic N) is 1. The van der Waals surface area contributed by atoms with Crippen LogP contribution >= 0.6 is 0 Å². The number of carboxylic acid groups (broad SMARTS) is 1. The molecule has 1 aromatic heterocycles. The molecule has 3 N–H and O–H groups in total. The molecule has 3 aromatic rings. The Hall–Kier alpha value is -2.89. The van der Waals surface area contributed by atoms with Crippen LogP contribution in [0, 0.1) is 0 Å². The third kappa shape index (κ3) is 1.79. The first-order valence-corrected chi connectivity index (χ1v) is 5.57. The molecule has 0 radical (unpaired) electrons. The summed E-state index contributed by atoms with van der Waals surface area (Å²) in [6, 6.07) is 10.4. The van der Waals surface area contributed by atoms with E-state index in [-0.39, 0.29) is 5.56 Å². The Bertz CT molecular complexity index is 827. The number of fused-ring (bicyclic) bond motifs is 1. The van der Waals surface area contributed by atoms with E-state index in [0.717, 1.165) is 5.39 Å². The van der Waals surface area contributed by atoms with Crippen molar-refractivity contribution in [1.29, 1.82) is 0 Å². The van der Waals surface area contributed by atoms with E-state index in [0.29, 0.717) is 16.8 Å². The van der Waals surface area contributed by atoms with Crippen molar-refractivity contribution in [3.8, 4) is 11.4 Å². The zero-order valence-electron chi connectivity index (χ0n) is 9.68. The van der Waals surface area contributed by atoms with Gasteiger partial charge in [-0.05, 0) is 11.5 Å². The molecule has 0 aliphatic heterocycles. The molecule has 6 nitrogen and oxygen atoms in total. The average molecular weight is 255 g/mol. The van der Waals surface area contributed by atoms with Gasteiger partial charge in [-0.1, -0.05) is 30.3 Å². The van der Waals surface area contributed by atoms with Gasteiger partial charge in [-0.2, -0.15) is 5.10 Å². The van der Waals surface area contributed by atoms with E-state index in [1.807, 2.05) is 12.1 Å². The SMILES string of the molecule is O=C(O)c1cccc2cccc(-c3n[nH]c(=O)[nH]3)c12. The van der Waals surface area contributed by atoms with Gasteiger partial charge < -0.3 is 5.11 Å². The highest BCUT2D eigenvalue weighted by Gasteiger charge is 2.14. The lowest BCUT2D eigenvalue weighted by atomic mass is 9.99. The Balaban J connectivity index is 2.42. The van der Waals surface area contributed by atoms with E-state index in [9.17, 15) is 14.7 Å². The summed E-state index contributed by atoms with van der Waals surface area (Å²) in [7, 11) is 0. The van der Waals surface area contributed by atoms with Gasteiger partial charge >= 0.3 is 11.7 Å². The van der Waals surface area contributed by atoms with Crippen LogP contribution < -0.4 is 5.69 Å². The van der Waals surface area contributed by atoms with E-state index >= 15 is 0 Å². The van der Waals surface area contributed by atoms with Crippen LogP contribution in [-0.4, -0.2) is 26.3 Å². The summed E-state index contributed by atoms with van der Waals surface area (Å²) in [6.07, 6.45) is 0. The number of nitrogens with one attached hydrogen (secondary N) is 2. The maximum Gasteiger partial charge on any atom is 0.340 e. The molecule has 0 spiro atoms. The fraction of sp³-hybridized carbons (Fsp3) is 0. The molecule has 0 fully saturated rings. The second-order valence-corrected chi connectivity index (χ2v) is 4.04. The standard InChI is InChI=1S/C13H9N3O3/c17-12(18)9-6-2-4-7-3-1-5-8(10(7)9)11-14-13(19)16-15-11/h1-6H,(H,17,18)(H2,14,15,16,19).